The van der Waals surface area contributed by atoms with Gasteiger partial charge in [0.15, 0.2) is 11.5 Å². The van der Waals surface area contributed by atoms with Crippen molar-refractivity contribution < 1.29 is 23.0 Å². The maximum absolute atomic E-state index is 12.5. The fraction of sp³-hybridized carbons (Fsp3) is 0.158. The number of hydrogen-bond acceptors (Lipinski definition) is 6. The average molecular weight is 401 g/mol. The Morgan fingerprint density at radius 1 is 1.21 bits per heavy atom. The van der Waals surface area contributed by atoms with Gasteiger partial charge < -0.3 is 14.8 Å². The Balaban J connectivity index is 1.64. The molecule has 2 aromatic carbocycles. The third-order valence-electron chi connectivity index (χ3n) is 3.66. The molecule has 3 rings (SSSR count). The van der Waals surface area contributed by atoms with Gasteiger partial charge in [-0.15, -0.1) is 5.10 Å². The number of rotatable bonds is 8. The van der Waals surface area contributed by atoms with Crippen LogP contribution in [0.5, 0.6) is 11.5 Å². The standard InChI is InChI=1S/C19H17F2N5O3/c1-2-28-17-11-13(3-9-16(17)29-19(20)21)4-10-18(27)23-14-5-7-15(8-6-14)26-12-22-24-25-26/h3-12,19H,2H2,1H3,(H,23,27). The quantitative estimate of drug-likeness (QED) is 0.583. The number of nitrogens with zero attached hydrogens (tertiary/aromatic N) is 4. The van der Waals surface area contributed by atoms with Gasteiger partial charge in [0.05, 0.1) is 12.3 Å². The summed E-state index contributed by atoms with van der Waals surface area (Å²) in [5.41, 5.74) is 1.93. The van der Waals surface area contributed by atoms with E-state index in [1.54, 1.807) is 43.3 Å². The van der Waals surface area contributed by atoms with Crippen LogP contribution in [0.1, 0.15) is 12.5 Å². The van der Waals surface area contributed by atoms with Crippen LogP contribution in [0.3, 0.4) is 0 Å². The fourth-order valence-corrected chi connectivity index (χ4v) is 2.42. The molecule has 0 aliphatic heterocycles. The maximum Gasteiger partial charge on any atom is 0.387 e. The minimum absolute atomic E-state index is 0.0638. The number of anilines is 1. The van der Waals surface area contributed by atoms with E-state index in [1.807, 2.05) is 0 Å². The Morgan fingerprint density at radius 3 is 2.66 bits per heavy atom. The van der Waals surface area contributed by atoms with E-state index in [0.717, 1.165) is 5.69 Å². The first kappa shape index (κ1) is 19.9. The molecule has 10 heteroatoms. The van der Waals surface area contributed by atoms with Gasteiger partial charge in [0.1, 0.15) is 6.33 Å². The Labute approximate surface area is 164 Å². The molecule has 1 amide bonds. The van der Waals surface area contributed by atoms with Crippen molar-refractivity contribution in [3.05, 3.63) is 60.4 Å². The zero-order valence-corrected chi connectivity index (χ0v) is 15.3. The molecule has 0 unspecified atom stereocenters. The fourth-order valence-electron chi connectivity index (χ4n) is 2.42. The average Bonchev–Trinajstić information content (AvgIpc) is 3.23. The van der Waals surface area contributed by atoms with Crippen molar-refractivity contribution in [3.63, 3.8) is 0 Å². The summed E-state index contributed by atoms with van der Waals surface area (Å²) < 4.78 is 36.1. The van der Waals surface area contributed by atoms with Crippen molar-refractivity contribution in [1.29, 1.82) is 0 Å². The van der Waals surface area contributed by atoms with E-state index in [-0.39, 0.29) is 24.0 Å². The molecule has 8 nitrogen and oxygen atoms in total. The Bertz CT molecular complexity index is 976. The van der Waals surface area contributed by atoms with Gasteiger partial charge in [0.2, 0.25) is 5.91 Å². The van der Waals surface area contributed by atoms with Crippen LogP contribution in [0.25, 0.3) is 11.8 Å². The number of halogens is 2. The normalized spacial score (nSPS) is 11.0. The highest BCUT2D eigenvalue weighted by Crippen LogP contribution is 2.30. The van der Waals surface area contributed by atoms with E-state index in [0.29, 0.717) is 11.3 Å². The smallest absolute Gasteiger partial charge is 0.387 e. The Hall–Kier alpha value is -3.82. The van der Waals surface area contributed by atoms with E-state index >= 15 is 0 Å². The summed E-state index contributed by atoms with van der Waals surface area (Å²) in [4.78, 5) is 12.1. The van der Waals surface area contributed by atoms with E-state index in [4.69, 9.17) is 4.74 Å². The summed E-state index contributed by atoms with van der Waals surface area (Å²) in [6, 6.07) is 11.4. The first-order valence-electron chi connectivity index (χ1n) is 8.59. The number of benzene rings is 2. The summed E-state index contributed by atoms with van der Waals surface area (Å²) in [6.07, 6.45) is 4.33. The Kier molecular flexibility index (Phi) is 6.46. The number of hydrogen-bond donors (Lipinski definition) is 1. The molecule has 0 spiro atoms. The van der Waals surface area contributed by atoms with Gasteiger partial charge in [0, 0.05) is 11.8 Å². The molecule has 0 saturated heterocycles. The highest BCUT2D eigenvalue weighted by Gasteiger charge is 2.11. The van der Waals surface area contributed by atoms with Crippen LogP contribution >= 0.6 is 0 Å². The van der Waals surface area contributed by atoms with Gasteiger partial charge in [-0.3, -0.25) is 4.79 Å². The van der Waals surface area contributed by atoms with E-state index in [2.05, 4.69) is 25.6 Å². The highest BCUT2D eigenvalue weighted by molar-refractivity contribution is 6.02. The van der Waals surface area contributed by atoms with Crippen LogP contribution in [0.2, 0.25) is 0 Å². The Morgan fingerprint density at radius 2 is 2.00 bits per heavy atom. The lowest BCUT2D eigenvalue weighted by Gasteiger charge is -2.11. The van der Waals surface area contributed by atoms with Crippen molar-refractivity contribution in [3.8, 4) is 17.2 Å². The molecule has 150 valence electrons. The summed E-state index contributed by atoms with van der Waals surface area (Å²) in [5.74, 6) is -0.245. The van der Waals surface area contributed by atoms with Gasteiger partial charge in [-0.1, -0.05) is 6.07 Å². The summed E-state index contributed by atoms with van der Waals surface area (Å²) >= 11 is 0. The molecule has 0 aliphatic rings. The van der Waals surface area contributed by atoms with Crippen LogP contribution in [0, 0.1) is 0 Å². The van der Waals surface area contributed by atoms with Crippen LogP contribution < -0.4 is 14.8 Å². The maximum atomic E-state index is 12.5. The molecule has 1 heterocycles. The number of aromatic nitrogens is 4. The second-order valence-electron chi connectivity index (χ2n) is 5.64. The van der Waals surface area contributed by atoms with Crippen molar-refractivity contribution >= 4 is 17.7 Å². The first-order valence-corrected chi connectivity index (χ1v) is 8.59. The minimum Gasteiger partial charge on any atom is -0.490 e. The molecule has 0 radical (unpaired) electrons. The molecule has 3 aromatic rings. The number of amides is 1. The molecule has 0 bridgehead atoms. The van der Waals surface area contributed by atoms with Crippen LogP contribution in [-0.4, -0.2) is 39.3 Å². The number of ether oxygens (including phenoxy) is 2. The predicted molar refractivity (Wildman–Crippen MR) is 101 cm³/mol. The molecule has 1 aromatic heterocycles. The molecular weight excluding hydrogens is 384 g/mol. The lowest BCUT2D eigenvalue weighted by molar-refractivity contribution is -0.111. The lowest BCUT2D eigenvalue weighted by atomic mass is 10.2. The second kappa shape index (κ2) is 9.40. The van der Waals surface area contributed by atoms with Crippen molar-refractivity contribution in [2.45, 2.75) is 13.5 Å². The van der Waals surface area contributed by atoms with E-state index < -0.39 is 6.61 Å². The third-order valence-corrected chi connectivity index (χ3v) is 3.66. The largest absolute Gasteiger partial charge is 0.490 e. The van der Waals surface area contributed by atoms with Gasteiger partial charge >= 0.3 is 6.61 Å². The van der Waals surface area contributed by atoms with Gasteiger partial charge in [0.25, 0.3) is 0 Å². The zero-order valence-electron chi connectivity index (χ0n) is 15.3. The SMILES string of the molecule is CCOc1cc(C=CC(=O)Nc2ccc(-n3cnnn3)cc2)ccc1OC(F)F. The van der Waals surface area contributed by atoms with Gasteiger partial charge in [-0.25, -0.2) is 4.68 Å². The van der Waals surface area contributed by atoms with Gasteiger partial charge in [-0.2, -0.15) is 8.78 Å². The number of nitrogens with one attached hydrogen (secondary N) is 1. The molecule has 1 N–H and O–H groups in total. The molecule has 0 saturated carbocycles. The number of carbonyl (C=O) groups excluding carboxylic acids is 1. The van der Waals surface area contributed by atoms with Crippen LogP contribution in [-0.2, 0) is 4.79 Å². The summed E-state index contributed by atoms with van der Waals surface area (Å²) in [5, 5.41) is 13.6. The molecule has 0 fully saturated rings. The number of tetrazole rings is 1. The molecule has 0 atom stereocenters. The van der Waals surface area contributed by atoms with E-state index in [9.17, 15) is 13.6 Å². The van der Waals surface area contributed by atoms with Crippen molar-refractivity contribution in [1.82, 2.24) is 20.2 Å². The number of carbonyl (C=O) groups is 1. The van der Waals surface area contributed by atoms with E-state index in [1.165, 1.54) is 29.2 Å². The lowest BCUT2D eigenvalue weighted by Crippen LogP contribution is -2.08. The zero-order chi connectivity index (χ0) is 20.6. The predicted octanol–water partition coefficient (Wildman–Crippen LogP) is 3.31. The van der Waals surface area contributed by atoms with Gasteiger partial charge in [-0.05, 0) is 65.4 Å². The minimum atomic E-state index is -2.95. The number of alkyl halides is 2. The van der Waals surface area contributed by atoms with Crippen molar-refractivity contribution in [2.24, 2.45) is 0 Å². The second-order valence-corrected chi connectivity index (χ2v) is 5.64. The molecule has 29 heavy (non-hydrogen) atoms. The first-order chi connectivity index (χ1) is 14.0. The van der Waals surface area contributed by atoms with Crippen LogP contribution in [0.15, 0.2) is 54.9 Å². The van der Waals surface area contributed by atoms with Crippen LogP contribution in [0.4, 0.5) is 14.5 Å². The molecular formula is C19H17F2N5O3. The summed E-state index contributed by atoms with van der Waals surface area (Å²) in [7, 11) is 0. The van der Waals surface area contributed by atoms with Crippen molar-refractivity contribution in [2.75, 3.05) is 11.9 Å². The molecule has 0 aliphatic carbocycles. The highest BCUT2D eigenvalue weighted by atomic mass is 19.3. The monoisotopic (exact) mass is 401 g/mol. The summed E-state index contributed by atoms with van der Waals surface area (Å²) in [6.45, 7) is -0.936. The third kappa shape index (κ3) is 5.58. The topological polar surface area (TPSA) is 91.2 Å².